The molecule has 2 rings (SSSR count). The van der Waals surface area contributed by atoms with Crippen molar-refractivity contribution in [2.24, 2.45) is 0 Å². The highest BCUT2D eigenvalue weighted by molar-refractivity contribution is 9.10. The maximum atomic E-state index is 6.19. The first-order valence-electron chi connectivity index (χ1n) is 5.26. The Morgan fingerprint density at radius 2 is 2.00 bits per heavy atom. The average molecular weight is 299 g/mol. The topological polar surface area (TPSA) is 12.9 Å². The molecule has 2 aromatic rings. The van der Waals surface area contributed by atoms with E-state index in [4.69, 9.17) is 11.6 Å². The van der Waals surface area contributed by atoms with Crippen LogP contribution >= 0.6 is 27.5 Å². The van der Waals surface area contributed by atoms with E-state index in [1.807, 2.05) is 0 Å². The number of aromatic nitrogens is 1. The van der Waals surface area contributed by atoms with Crippen molar-refractivity contribution in [3.05, 3.63) is 39.0 Å². The number of pyridine rings is 1. The third-order valence-electron chi connectivity index (χ3n) is 2.72. The Morgan fingerprint density at radius 1 is 1.31 bits per heavy atom. The number of nitrogens with zero attached hydrogens (tertiary/aromatic N) is 1. The molecule has 0 radical (unpaired) electrons. The molecular weight excluding hydrogens is 286 g/mol. The van der Waals surface area contributed by atoms with Crippen LogP contribution in [0.3, 0.4) is 0 Å². The molecule has 1 aromatic heterocycles. The van der Waals surface area contributed by atoms with Crippen LogP contribution in [0.2, 0.25) is 5.15 Å². The molecule has 0 unspecified atom stereocenters. The van der Waals surface area contributed by atoms with E-state index in [-0.39, 0.29) is 0 Å². The third kappa shape index (κ3) is 1.96. The number of hydrogen-bond donors (Lipinski definition) is 0. The Morgan fingerprint density at radius 3 is 2.62 bits per heavy atom. The molecule has 1 nitrogen and oxygen atoms in total. The Hall–Kier alpha value is -0.600. The highest BCUT2D eigenvalue weighted by Gasteiger charge is 2.10. The van der Waals surface area contributed by atoms with Gasteiger partial charge in [0.2, 0.25) is 0 Å². The molecule has 84 valence electrons. The lowest BCUT2D eigenvalue weighted by molar-refractivity contribution is 0.862. The zero-order valence-corrected chi connectivity index (χ0v) is 11.9. The number of hydrogen-bond acceptors (Lipinski definition) is 1. The smallest absolute Gasteiger partial charge is 0.133 e. The second-order valence-electron chi connectivity index (χ2n) is 4.29. The monoisotopic (exact) mass is 297 g/mol. The summed E-state index contributed by atoms with van der Waals surface area (Å²) in [6.45, 7) is 6.30. The molecule has 0 amide bonds. The van der Waals surface area contributed by atoms with E-state index in [0.29, 0.717) is 11.1 Å². The van der Waals surface area contributed by atoms with E-state index in [9.17, 15) is 0 Å². The Labute approximate surface area is 109 Å². The summed E-state index contributed by atoms with van der Waals surface area (Å²) in [5, 5.41) is 1.74. The van der Waals surface area contributed by atoms with Crippen molar-refractivity contribution in [3.8, 4) is 0 Å². The van der Waals surface area contributed by atoms with Gasteiger partial charge in [-0.2, -0.15) is 0 Å². The summed E-state index contributed by atoms with van der Waals surface area (Å²) in [5.41, 5.74) is 3.22. The largest absolute Gasteiger partial charge is 0.235 e. The summed E-state index contributed by atoms with van der Waals surface area (Å²) in [6, 6.07) is 6.30. The number of rotatable bonds is 1. The zero-order valence-electron chi connectivity index (χ0n) is 9.51. The standard InChI is InChI=1S/C13H13BrClN/c1-7(2)10-6-9-5-4-8(3)11(14)12(9)16-13(10)15/h4-7H,1-3H3. The summed E-state index contributed by atoms with van der Waals surface area (Å²) in [4.78, 5) is 4.48. The van der Waals surface area contributed by atoms with Crippen LogP contribution in [0.25, 0.3) is 10.9 Å². The summed E-state index contributed by atoms with van der Waals surface area (Å²) < 4.78 is 1.03. The summed E-state index contributed by atoms with van der Waals surface area (Å²) in [7, 11) is 0. The lowest BCUT2D eigenvalue weighted by Crippen LogP contribution is -1.93. The van der Waals surface area contributed by atoms with Gasteiger partial charge in [0.1, 0.15) is 5.15 Å². The molecule has 16 heavy (non-hydrogen) atoms. The Balaban J connectivity index is 2.79. The van der Waals surface area contributed by atoms with Gasteiger partial charge >= 0.3 is 0 Å². The van der Waals surface area contributed by atoms with Crippen LogP contribution < -0.4 is 0 Å². The fourth-order valence-corrected chi connectivity index (χ4v) is 2.51. The van der Waals surface area contributed by atoms with Crippen molar-refractivity contribution in [3.63, 3.8) is 0 Å². The first-order valence-corrected chi connectivity index (χ1v) is 6.43. The van der Waals surface area contributed by atoms with Crippen LogP contribution in [0, 0.1) is 6.92 Å². The van der Waals surface area contributed by atoms with Crippen molar-refractivity contribution < 1.29 is 0 Å². The van der Waals surface area contributed by atoms with Crippen molar-refractivity contribution in [1.82, 2.24) is 4.98 Å². The number of fused-ring (bicyclic) bond motifs is 1. The predicted octanol–water partition coefficient (Wildman–Crippen LogP) is 5.08. The van der Waals surface area contributed by atoms with Gasteiger partial charge in [-0.3, -0.25) is 0 Å². The highest BCUT2D eigenvalue weighted by Crippen LogP contribution is 2.31. The zero-order chi connectivity index (χ0) is 11.9. The van der Waals surface area contributed by atoms with E-state index in [2.05, 4.69) is 59.9 Å². The fourth-order valence-electron chi connectivity index (χ4n) is 1.71. The van der Waals surface area contributed by atoms with Crippen LogP contribution in [0.5, 0.6) is 0 Å². The molecule has 0 saturated heterocycles. The Bertz CT molecular complexity index is 549. The second kappa shape index (κ2) is 4.34. The molecule has 1 aromatic carbocycles. The molecule has 3 heteroatoms. The average Bonchev–Trinajstić information content (AvgIpc) is 2.23. The van der Waals surface area contributed by atoms with E-state index < -0.39 is 0 Å². The SMILES string of the molecule is Cc1ccc2cc(C(C)C)c(Cl)nc2c1Br. The van der Waals surface area contributed by atoms with Crippen molar-refractivity contribution >= 4 is 38.4 Å². The third-order valence-corrected chi connectivity index (χ3v) is 4.03. The molecule has 0 aliphatic heterocycles. The highest BCUT2D eigenvalue weighted by atomic mass is 79.9. The summed E-state index contributed by atoms with van der Waals surface area (Å²) >= 11 is 9.75. The van der Waals surface area contributed by atoms with Crippen molar-refractivity contribution in [1.29, 1.82) is 0 Å². The van der Waals surface area contributed by atoms with Gasteiger partial charge < -0.3 is 0 Å². The molecule has 0 bridgehead atoms. The molecule has 1 heterocycles. The fraction of sp³-hybridized carbons (Fsp3) is 0.308. The van der Waals surface area contributed by atoms with Gasteiger partial charge in [-0.05, 0) is 46.0 Å². The quantitative estimate of drug-likeness (QED) is 0.669. The molecule has 0 fully saturated rings. The van der Waals surface area contributed by atoms with Gasteiger partial charge in [0.25, 0.3) is 0 Å². The normalized spacial score (nSPS) is 11.4. The summed E-state index contributed by atoms with van der Waals surface area (Å²) in [5.74, 6) is 0.393. The maximum Gasteiger partial charge on any atom is 0.133 e. The second-order valence-corrected chi connectivity index (χ2v) is 5.44. The number of aryl methyl sites for hydroxylation is 1. The van der Waals surface area contributed by atoms with E-state index >= 15 is 0 Å². The lowest BCUT2D eigenvalue weighted by atomic mass is 10.0. The lowest BCUT2D eigenvalue weighted by Gasteiger charge is -2.10. The van der Waals surface area contributed by atoms with Crippen LogP contribution in [-0.2, 0) is 0 Å². The molecule has 0 N–H and O–H groups in total. The molecule has 0 aliphatic rings. The number of benzene rings is 1. The first-order chi connectivity index (χ1) is 7.50. The van der Waals surface area contributed by atoms with Gasteiger partial charge in [-0.1, -0.05) is 37.6 Å². The van der Waals surface area contributed by atoms with Gasteiger partial charge in [0.05, 0.1) is 5.52 Å². The molecule has 0 saturated carbocycles. The minimum atomic E-state index is 0.393. The van der Waals surface area contributed by atoms with E-state index in [1.165, 1.54) is 5.56 Å². The van der Waals surface area contributed by atoms with Crippen LogP contribution in [0.15, 0.2) is 22.7 Å². The predicted molar refractivity (Wildman–Crippen MR) is 73.3 cm³/mol. The maximum absolute atomic E-state index is 6.19. The van der Waals surface area contributed by atoms with Gasteiger partial charge in [-0.15, -0.1) is 0 Å². The van der Waals surface area contributed by atoms with Crippen LogP contribution in [0.4, 0.5) is 0 Å². The van der Waals surface area contributed by atoms with Crippen LogP contribution in [-0.4, -0.2) is 4.98 Å². The van der Waals surface area contributed by atoms with Gasteiger partial charge in [-0.25, -0.2) is 4.98 Å². The van der Waals surface area contributed by atoms with Gasteiger partial charge in [0.15, 0.2) is 0 Å². The molecule has 0 spiro atoms. The van der Waals surface area contributed by atoms with E-state index in [0.717, 1.165) is 20.9 Å². The van der Waals surface area contributed by atoms with Crippen molar-refractivity contribution in [2.45, 2.75) is 26.7 Å². The van der Waals surface area contributed by atoms with E-state index in [1.54, 1.807) is 0 Å². The minimum absolute atomic E-state index is 0.393. The molecule has 0 aliphatic carbocycles. The van der Waals surface area contributed by atoms with Gasteiger partial charge in [0, 0.05) is 9.86 Å². The first kappa shape index (κ1) is 11.9. The molecular formula is C13H13BrClN. The van der Waals surface area contributed by atoms with Crippen LogP contribution in [0.1, 0.15) is 30.9 Å². The Kier molecular flexibility index (Phi) is 3.22. The summed E-state index contributed by atoms with van der Waals surface area (Å²) in [6.07, 6.45) is 0. The van der Waals surface area contributed by atoms with Crippen molar-refractivity contribution in [2.75, 3.05) is 0 Å². The molecule has 0 atom stereocenters. The number of halogens is 2. The minimum Gasteiger partial charge on any atom is -0.235 e.